The molecule has 0 saturated heterocycles. The minimum atomic E-state index is -0.0993. The summed E-state index contributed by atoms with van der Waals surface area (Å²) >= 11 is 1.71. The van der Waals surface area contributed by atoms with Crippen LogP contribution in [0.1, 0.15) is 21.1 Å². The molecule has 0 fully saturated rings. The molecule has 0 radical (unpaired) electrons. The normalized spacial score (nSPS) is 10.7. The van der Waals surface area contributed by atoms with E-state index in [1.165, 1.54) is 4.88 Å². The zero-order valence-corrected chi connectivity index (χ0v) is 16.0. The minimum Gasteiger partial charge on any atom is -0.383 e. The third kappa shape index (κ3) is 5.63. The van der Waals surface area contributed by atoms with E-state index in [2.05, 4.69) is 32.3 Å². The van der Waals surface area contributed by atoms with E-state index < -0.39 is 0 Å². The van der Waals surface area contributed by atoms with Crippen LogP contribution in [0.3, 0.4) is 0 Å². The van der Waals surface area contributed by atoms with E-state index in [4.69, 9.17) is 4.74 Å². The van der Waals surface area contributed by atoms with E-state index in [9.17, 15) is 4.79 Å². The highest BCUT2D eigenvalue weighted by Gasteiger charge is 2.08. The van der Waals surface area contributed by atoms with Crippen molar-refractivity contribution in [3.8, 4) is 0 Å². The van der Waals surface area contributed by atoms with E-state index >= 15 is 0 Å². The smallest absolute Gasteiger partial charge is 0.251 e. The van der Waals surface area contributed by atoms with Gasteiger partial charge >= 0.3 is 0 Å². The maximum absolute atomic E-state index is 12.4. The largest absolute Gasteiger partial charge is 0.383 e. The van der Waals surface area contributed by atoms with E-state index in [0.717, 1.165) is 18.1 Å². The Labute approximate surface area is 162 Å². The fraction of sp³-hybridized carbons (Fsp3) is 0.316. The molecular weight excluding hydrogens is 362 g/mol. The summed E-state index contributed by atoms with van der Waals surface area (Å²) in [4.78, 5) is 13.7. The van der Waals surface area contributed by atoms with Gasteiger partial charge in [-0.2, -0.15) is 0 Å². The Morgan fingerprint density at radius 2 is 2.22 bits per heavy atom. The molecular formula is C19H23N5O2S. The number of amides is 1. The summed E-state index contributed by atoms with van der Waals surface area (Å²) in [5.74, 6) is 0.733. The topological polar surface area (TPSA) is 81.1 Å². The molecule has 0 aliphatic heterocycles. The van der Waals surface area contributed by atoms with Crippen molar-refractivity contribution >= 4 is 22.9 Å². The summed E-state index contributed by atoms with van der Waals surface area (Å²) in [6, 6.07) is 11.6. The van der Waals surface area contributed by atoms with Crippen molar-refractivity contribution in [2.75, 3.05) is 25.6 Å². The minimum absolute atomic E-state index is 0.0993. The zero-order chi connectivity index (χ0) is 18.9. The predicted molar refractivity (Wildman–Crippen MR) is 106 cm³/mol. The standard InChI is InChI=1S/C19H23N5O2S/c1-26-10-9-24-14-22-23-18(24)7-8-20-19(25)15-4-2-5-16(12-15)21-13-17-6-3-11-27-17/h2-6,11-12,14,21H,7-10,13H2,1H3,(H,20,25). The van der Waals surface area contributed by atoms with Crippen molar-refractivity contribution in [1.82, 2.24) is 20.1 Å². The number of rotatable bonds is 10. The number of ether oxygens (including phenoxy) is 1. The van der Waals surface area contributed by atoms with Crippen LogP contribution < -0.4 is 10.6 Å². The maximum Gasteiger partial charge on any atom is 0.251 e. The lowest BCUT2D eigenvalue weighted by atomic mass is 10.2. The third-order valence-electron chi connectivity index (χ3n) is 4.04. The van der Waals surface area contributed by atoms with Gasteiger partial charge in [0.1, 0.15) is 12.2 Å². The van der Waals surface area contributed by atoms with Gasteiger partial charge in [0.05, 0.1) is 6.61 Å². The number of nitrogens with one attached hydrogen (secondary N) is 2. The van der Waals surface area contributed by atoms with Crippen LogP contribution >= 0.6 is 11.3 Å². The predicted octanol–water partition coefficient (Wildman–Crippen LogP) is 2.57. The van der Waals surface area contributed by atoms with Gasteiger partial charge in [-0.1, -0.05) is 12.1 Å². The molecule has 142 valence electrons. The molecule has 1 aromatic carbocycles. The summed E-state index contributed by atoms with van der Waals surface area (Å²) in [5, 5.41) is 16.4. The Kier molecular flexibility index (Phi) is 6.95. The molecule has 0 atom stereocenters. The Bertz CT molecular complexity index is 847. The lowest BCUT2D eigenvalue weighted by molar-refractivity contribution is 0.0954. The first-order chi connectivity index (χ1) is 13.3. The fourth-order valence-corrected chi connectivity index (χ4v) is 3.26. The molecule has 3 aromatic rings. The van der Waals surface area contributed by atoms with Gasteiger partial charge in [-0.25, -0.2) is 0 Å². The van der Waals surface area contributed by atoms with Gasteiger partial charge in [-0.15, -0.1) is 21.5 Å². The Morgan fingerprint density at radius 1 is 1.30 bits per heavy atom. The number of carbonyl (C=O) groups excluding carboxylic acids is 1. The molecule has 2 heterocycles. The molecule has 8 heteroatoms. The molecule has 2 N–H and O–H groups in total. The van der Waals surface area contributed by atoms with Crippen molar-refractivity contribution in [2.24, 2.45) is 0 Å². The highest BCUT2D eigenvalue weighted by Crippen LogP contribution is 2.14. The lowest BCUT2D eigenvalue weighted by Gasteiger charge is -2.09. The van der Waals surface area contributed by atoms with E-state index in [0.29, 0.717) is 31.7 Å². The van der Waals surface area contributed by atoms with Crippen LogP contribution in [0.4, 0.5) is 5.69 Å². The number of hydrogen-bond donors (Lipinski definition) is 2. The lowest BCUT2D eigenvalue weighted by Crippen LogP contribution is -2.26. The highest BCUT2D eigenvalue weighted by atomic mass is 32.1. The fourth-order valence-electron chi connectivity index (χ4n) is 2.61. The molecule has 0 spiro atoms. The summed E-state index contributed by atoms with van der Waals surface area (Å²) in [6.07, 6.45) is 2.30. The number of aromatic nitrogens is 3. The Hall–Kier alpha value is -2.71. The molecule has 0 bridgehead atoms. The number of carbonyl (C=O) groups is 1. The number of thiophene rings is 1. The molecule has 0 aliphatic carbocycles. The molecule has 0 aliphatic rings. The van der Waals surface area contributed by atoms with E-state index in [1.54, 1.807) is 24.8 Å². The van der Waals surface area contributed by atoms with Gasteiger partial charge in [-0.3, -0.25) is 4.79 Å². The van der Waals surface area contributed by atoms with Gasteiger partial charge in [0.2, 0.25) is 0 Å². The molecule has 2 aromatic heterocycles. The molecule has 1 amide bonds. The summed E-state index contributed by atoms with van der Waals surface area (Å²) in [7, 11) is 1.66. The van der Waals surface area contributed by atoms with Crippen LogP contribution in [0.2, 0.25) is 0 Å². The SMILES string of the molecule is COCCn1cnnc1CCNC(=O)c1cccc(NCc2cccs2)c1. The van der Waals surface area contributed by atoms with E-state index in [1.807, 2.05) is 34.9 Å². The van der Waals surface area contributed by atoms with Crippen molar-refractivity contribution < 1.29 is 9.53 Å². The summed E-state index contributed by atoms with van der Waals surface area (Å²) in [5.41, 5.74) is 1.56. The second-order valence-electron chi connectivity index (χ2n) is 5.95. The summed E-state index contributed by atoms with van der Waals surface area (Å²) < 4.78 is 7.01. The molecule has 3 rings (SSSR count). The number of methoxy groups -OCH3 is 1. The first-order valence-electron chi connectivity index (χ1n) is 8.76. The number of hydrogen-bond acceptors (Lipinski definition) is 6. The Morgan fingerprint density at radius 3 is 3.04 bits per heavy atom. The van der Waals surface area contributed by atoms with E-state index in [-0.39, 0.29) is 5.91 Å². The highest BCUT2D eigenvalue weighted by molar-refractivity contribution is 7.09. The average molecular weight is 385 g/mol. The van der Waals surface area contributed by atoms with Gasteiger partial charge in [0, 0.05) is 49.3 Å². The van der Waals surface area contributed by atoms with Crippen LogP contribution in [0, 0.1) is 0 Å². The van der Waals surface area contributed by atoms with Crippen LogP contribution in [0.5, 0.6) is 0 Å². The molecule has 0 saturated carbocycles. The second kappa shape index (κ2) is 9.84. The van der Waals surface area contributed by atoms with Crippen molar-refractivity contribution in [3.05, 3.63) is 64.4 Å². The number of benzene rings is 1. The van der Waals surface area contributed by atoms with Crippen LogP contribution in [0.15, 0.2) is 48.1 Å². The van der Waals surface area contributed by atoms with Crippen molar-refractivity contribution in [1.29, 1.82) is 0 Å². The second-order valence-corrected chi connectivity index (χ2v) is 6.99. The van der Waals surface area contributed by atoms with Crippen LogP contribution in [0.25, 0.3) is 0 Å². The molecule has 0 unspecified atom stereocenters. The third-order valence-corrected chi connectivity index (χ3v) is 4.91. The monoisotopic (exact) mass is 385 g/mol. The quantitative estimate of drug-likeness (QED) is 0.561. The van der Waals surface area contributed by atoms with Crippen molar-refractivity contribution in [3.63, 3.8) is 0 Å². The maximum atomic E-state index is 12.4. The van der Waals surface area contributed by atoms with Crippen molar-refractivity contribution in [2.45, 2.75) is 19.5 Å². The van der Waals surface area contributed by atoms with Gasteiger partial charge in [-0.05, 0) is 29.6 Å². The first kappa shape index (κ1) is 19.1. The molecule has 7 nitrogen and oxygen atoms in total. The van der Waals surface area contributed by atoms with Gasteiger partial charge in [0.15, 0.2) is 0 Å². The average Bonchev–Trinajstić information content (AvgIpc) is 3.37. The first-order valence-corrected chi connectivity index (χ1v) is 9.64. The van der Waals surface area contributed by atoms with Gasteiger partial charge < -0.3 is 19.9 Å². The zero-order valence-electron chi connectivity index (χ0n) is 15.2. The van der Waals surface area contributed by atoms with Crippen LogP contribution in [-0.4, -0.2) is 40.9 Å². The number of anilines is 1. The Balaban J connectivity index is 1.49. The summed E-state index contributed by atoms with van der Waals surface area (Å²) in [6.45, 7) is 2.55. The van der Waals surface area contributed by atoms with Gasteiger partial charge in [0.25, 0.3) is 5.91 Å². The number of nitrogens with zero attached hydrogens (tertiary/aromatic N) is 3. The van der Waals surface area contributed by atoms with Crippen LogP contribution in [-0.2, 0) is 24.2 Å². The molecule has 27 heavy (non-hydrogen) atoms.